The van der Waals surface area contributed by atoms with Crippen molar-refractivity contribution in [3.8, 4) is 0 Å². The third kappa shape index (κ3) is 2.62. The van der Waals surface area contributed by atoms with Crippen LogP contribution in [0.25, 0.3) is 0 Å². The smallest absolute Gasteiger partial charge is 0.141 e. The van der Waals surface area contributed by atoms with E-state index in [0.29, 0.717) is 11.1 Å². The van der Waals surface area contributed by atoms with Gasteiger partial charge in [-0.3, -0.25) is 4.98 Å². The topological polar surface area (TPSA) is 33.1 Å². The summed E-state index contributed by atoms with van der Waals surface area (Å²) in [5.41, 5.74) is 2.16. The normalized spacial score (nSPS) is 12.5. The second-order valence-electron chi connectivity index (χ2n) is 3.87. The van der Waals surface area contributed by atoms with E-state index >= 15 is 0 Å². The Balaban J connectivity index is 2.36. The molecule has 0 radical (unpaired) electrons. The molecule has 1 aromatic carbocycles. The van der Waals surface area contributed by atoms with Crippen LogP contribution in [-0.2, 0) is 0 Å². The van der Waals surface area contributed by atoms with E-state index in [1.807, 2.05) is 13.0 Å². The summed E-state index contributed by atoms with van der Waals surface area (Å²) in [7, 11) is 0. The molecule has 1 aromatic heterocycles. The number of benzene rings is 1. The van der Waals surface area contributed by atoms with Gasteiger partial charge in [-0.15, -0.1) is 0 Å². The van der Waals surface area contributed by atoms with Crippen LogP contribution in [0, 0.1) is 12.7 Å². The minimum atomic E-state index is -0.847. The fourth-order valence-corrected chi connectivity index (χ4v) is 1.79. The van der Waals surface area contributed by atoms with Crippen LogP contribution in [-0.4, -0.2) is 10.1 Å². The SMILES string of the molecule is Cc1cncc(C(O)c2ccc(F)c(Cl)c2)c1. The van der Waals surface area contributed by atoms with Gasteiger partial charge in [0.05, 0.1) is 5.02 Å². The summed E-state index contributed by atoms with van der Waals surface area (Å²) in [4.78, 5) is 4.00. The molecule has 1 heterocycles. The van der Waals surface area contributed by atoms with E-state index in [1.165, 1.54) is 18.2 Å². The first-order valence-electron chi connectivity index (χ1n) is 5.12. The fraction of sp³-hybridized carbons (Fsp3) is 0.154. The molecule has 4 heteroatoms. The van der Waals surface area contributed by atoms with Gasteiger partial charge in [-0.05, 0) is 30.2 Å². The second-order valence-corrected chi connectivity index (χ2v) is 4.28. The monoisotopic (exact) mass is 251 g/mol. The zero-order valence-corrected chi connectivity index (χ0v) is 9.95. The predicted molar refractivity (Wildman–Crippen MR) is 64.4 cm³/mol. The molecule has 1 unspecified atom stereocenters. The van der Waals surface area contributed by atoms with E-state index in [0.717, 1.165) is 5.56 Å². The van der Waals surface area contributed by atoms with Crippen LogP contribution in [0.1, 0.15) is 22.8 Å². The minimum Gasteiger partial charge on any atom is -0.384 e. The molecule has 17 heavy (non-hydrogen) atoms. The first-order valence-corrected chi connectivity index (χ1v) is 5.50. The van der Waals surface area contributed by atoms with Crippen molar-refractivity contribution in [3.63, 3.8) is 0 Å². The van der Waals surface area contributed by atoms with Gasteiger partial charge in [0.15, 0.2) is 0 Å². The van der Waals surface area contributed by atoms with E-state index < -0.39 is 11.9 Å². The first kappa shape index (κ1) is 12.0. The van der Waals surface area contributed by atoms with Crippen LogP contribution in [0.4, 0.5) is 4.39 Å². The lowest BCUT2D eigenvalue weighted by atomic mass is 10.0. The maximum Gasteiger partial charge on any atom is 0.141 e. The molecule has 0 saturated heterocycles. The number of halogens is 2. The fourth-order valence-electron chi connectivity index (χ4n) is 1.60. The van der Waals surface area contributed by atoms with Crippen LogP contribution in [0.5, 0.6) is 0 Å². The molecule has 2 aromatic rings. The quantitative estimate of drug-likeness (QED) is 0.889. The van der Waals surface area contributed by atoms with Gasteiger partial charge < -0.3 is 5.11 Å². The molecule has 2 nitrogen and oxygen atoms in total. The molecule has 0 amide bonds. The molecular weight excluding hydrogens is 241 g/mol. The Labute approximate surface area is 104 Å². The summed E-state index contributed by atoms with van der Waals surface area (Å²) in [5.74, 6) is -0.495. The van der Waals surface area contributed by atoms with E-state index in [9.17, 15) is 9.50 Å². The number of hydrogen-bond donors (Lipinski definition) is 1. The molecule has 0 saturated carbocycles. The zero-order chi connectivity index (χ0) is 12.4. The lowest BCUT2D eigenvalue weighted by molar-refractivity contribution is 0.219. The average Bonchev–Trinajstić information content (AvgIpc) is 2.32. The number of aromatic nitrogens is 1. The molecule has 2 rings (SSSR count). The Hall–Kier alpha value is -1.45. The van der Waals surface area contributed by atoms with Gasteiger partial charge in [0, 0.05) is 18.0 Å². The zero-order valence-electron chi connectivity index (χ0n) is 9.19. The Kier molecular flexibility index (Phi) is 3.41. The Bertz CT molecular complexity index is 545. The highest BCUT2D eigenvalue weighted by molar-refractivity contribution is 6.30. The van der Waals surface area contributed by atoms with Crippen LogP contribution < -0.4 is 0 Å². The Morgan fingerprint density at radius 3 is 2.65 bits per heavy atom. The van der Waals surface area contributed by atoms with Gasteiger partial charge in [0.25, 0.3) is 0 Å². The van der Waals surface area contributed by atoms with Gasteiger partial charge in [0.1, 0.15) is 11.9 Å². The molecule has 0 spiro atoms. The number of aryl methyl sites for hydroxylation is 1. The Morgan fingerprint density at radius 1 is 1.24 bits per heavy atom. The van der Waals surface area contributed by atoms with Gasteiger partial charge in [-0.25, -0.2) is 4.39 Å². The average molecular weight is 252 g/mol. The lowest BCUT2D eigenvalue weighted by Crippen LogP contribution is -2.01. The number of hydrogen-bond acceptors (Lipinski definition) is 2. The highest BCUT2D eigenvalue weighted by Crippen LogP contribution is 2.25. The van der Waals surface area contributed by atoms with Crippen LogP contribution >= 0.6 is 11.6 Å². The number of rotatable bonds is 2. The lowest BCUT2D eigenvalue weighted by Gasteiger charge is -2.12. The summed E-state index contributed by atoms with van der Waals surface area (Å²) in [5, 5.41) is 10.1. The van der Waals surface area contributed by atoms with Gasteiger partial charge in [-0.1, -0.05) is 23.7 Å². The summed E-state index contributed by atoms with van der Waals surface area (Å²) >= 11 is 5.67. The third-order valence-electron chi connectivity index (χ3n) is 2.47. The maximum absolute atomic E-state index is 13.0. The summed E-state index contributed by atoms with van der Waals surface area (Å²) in [6.07, 6.45) is 2.43. The Morgan fingerprint density at radius 2 is 2.00 bits per heavy atom. The molecule has 0 aliphatic carbocycles. The van der Waals surface area contributed by atoms with Crippen molar-refractivity contribution in [3.05, 3.63) is 64.2 Å². The van der Waals surface area contributed by atoms with Crippen LogP contribution in [0.2, 0.25) is 5.02 Å². The summed E-state index contributed by atoms with van der Waals surface area (Å²) in [6.45, 7) is 1.89. The molecule has 1 N–H and O–H groups in total. The van der Waals surface area contributed by atoms with Crippen molar-refractivity contribution in [2.45, 2.75) is 13.0 Å². The summed E-state index contributed by atoms with van der Waals surface area (Å²) < 4.78 is 13.0. The minimum absolute atomic E-state index is 0.00200. The second kappa shape index (κ2) is 4.82. The molecule has 88 valence electrons. The van der Waals surface area contributed by atoms with Crippen molar-refractivity contribution in [1.29, 1.82) is 0 Å². The number of pyridine rings is 1. The molecular formula is C13H11ClFNO. The van der Waals surface area contributed by atoms with Gasteiger partial charge >= 0.3 is 0 Å². The molecule has 0 aliphatic rings. The van der Waals surface area contributed by atoms with Crippen molar-refractivity contribution < 1.29 is 9.50 Å². The summed E-state index contributed by atoms with van der Waals surface area (Å²) in [6, 6.07) is 6.00. The highest BCUT2D eigenvalue weighted by Gasteiger charge is 2.12. The van der Waals surface area contributed by atoms with E-state index in [4.69, 9.17) is 11.6 Å². The standard InChI is InChI=1S/C13H11ClFNO/c1-8-4-10(7-16-6-8)13(17)9-2-3-12(15)11(14)5-9/h2-7,13,17H,1H3. The van der Waals surface area contributed by atoms with Crippen LogP contribution in [0.15, 0.2) is 36.7 Å². The largest absolute Gasteiger partial charge is 0.384 e. The van der Waals surface area contributed by atoms with E-state index in [1.54, 1.807) is 12.4 Å². The van der Waals surface area contributed by atoms with Crippen molar-refractivity contribution >= 4 is 11.6 Å². The van der Waals surface area contributed by atoms with Gasteiger partial charge in [-0.2, -0.15) is 0 Å². The van der Waals surface area contributed by atoms with Crippen molar-refractivity contribution in [1.82, 2.24) is 4.98 Å². The number of aliphatic hydroxyl groups is 1. The molecule has 1 atom stereocenters. The van der Waals surface area contributed by atoms with E-state index in [-0.39, 0.29) is 5.02 Å². The van der Waals surface area contributed by atoms with Gasteiger partial charge in [0.2, 0.25) is 0 Å². The van der Waals surface area contributed by atoms with Crippen molar-refractivity contribution in [2.24, 2.45) is 0 Å². The van der Waals surface area contributed by atoms with E-state index in [2.05, 4.69) is 4.98 Å². The molecule has 0 aliphatic heterocycles. The maximum atomic E-state index is 13.0. The third-order valence-corrected chi connectivity index (χ3v) is 2.76. The number of nitrogens with zero attached hydrogens (tertiary/aromatic N) is 1. The number of aliphatic hydroxyl groups excluding tert-OH is 1. The first-order chi connectivity index (χ1) is 8.08. The van der Waals surface area contributed by atoms with Crippen molar-refractivity contribution in [2.75, 3.05) is 0 Å². The highest BCUT2D eigenvalue weighted by atomic mass is 35.5. The van der Waals surface area contributed by atoms with Crippen LogP contribution in [0.3, 0.4) is 0 Å². The molecule has 0 fully saturated rings. The predicted octanol–water partition coefficient (Wildman–Crippen LogP) is 3.26. The molecule has 0 bridgehead atoms.